The van der Waals surface area contributed by atoms with Crippen LogP contribution in [0.15, 0.2) is 36.5 Å². The largest absolute Gasteiger partial charge is 0.256 e. The fraction of sp³-hybridized carbons (Fsp3) is 0.200. The van der Waals surface area contributed by atoms with Crippen LogP contribution >= 0.6 is 0 Å². The molecule has 0 atom stereocenters. The average Bonchev–Trinajstić information content (AvgIpc) is 2.38. The minimum Gasteiger partial charge on any atom is -0.256 e. The standard InChI is InChI=1S/C15H15FN2Si/c1-19(2,3)13-6-7-15(18-10-13)11-4-5-12(9-17)14(16)8-11/h4-8,10H,1-3H3. The summed E-state index contributed by atoms with van der Waals surface area (Å²) in [4.78, 5) is 4.40. The van der Waals surface area contributed by atoms with Crippen molar-refractivity contribution >= 4 is 13.3 Å². The van der Waals surface area contributed by atoms with Crippen molar-refractivity contribution in [1.82, 2.24) is 4.98 Å². The van der Waals surface area contributed by atoms with Crippen molar-refractivity contribution in [2.24, 2.45) is 0 Å². The van der Waals surface area contributed by atoms with E-state index in [2.05, 4.69) is 30.7 Å². The molecule has 1 aromatic heterocycles. The molecule has 1 aromatic carbocycles. The fourth-order valence-corrected chi connectivity index (χ4v) is 2.81. The molecule has 0 saturated carbocycles. The lowest BCUT2D eigenvalue weighted by molar-refractivity contribution is 0.624. The van der Waals surface area contributed by atoms with E-state index < -0.39 is 13.9 Å². The molecule has 2 rings (SSSR count). The van der Waals surface area contributed by atoms with Gasteiger partial charge in [0.2, 0.25) is 0 Å². The van der Waals surface area contributed by atoms with Gasteiger partial charge >= 0.3 is 0 Å². The van der Waals surface area contributed by atoms with E-state index in [0.717, 1.165) is 5.69 Å². The Hall–Kier alpha value is -1.99. The SMILES string of the molecule is C[Si](C)(C)c1ccc(-c2ccc(C#N)c(F)c2)nc1. The van der Waals surface area contributed by atoms with Crippen LogP contribution in [0.4, 0.5) is 4.39 Å². The minimum atomic E-state index is -1.36. The number of nitrogens with zero attached hydrogens (tertiary/aromatic N) is 2. The van der Waals surface area contributed by atoms with Crippen LogP contribution in [-0.4, -0.2) is 13.1 Å². The number of hydrogen-bond acceptors (Lipinski definition) is 2. The van der Waals surface area contributed by atoms with Crippen LogP contribution in [0.25, 0.3) is 11.3 Å². The van der Waals surface area contributed by atoms with Crippen LogP contribution < -0.4 is 5.19 Å². The Morgan fingerprint density at radius 1 is 1.16 bits per heavy atom. The first kappa shape index (κ1) is 13.4. The molecule has 2 nitrogen and oxygen atoms in total. The van der Waals surface area contributed by atoms with E-state index in [0.29, 0.717) is 5.56 Å². The van der Waals surface area contributed by atoms with Crippen LogP contribution in [0.3, 0.4) is 0 Å². The van der Waals surface area contributed by atoms with Gasteiger partial charge in [-0.2, -0.15) is 5.26 Å². The van der Waals surface area contributed by atoms with Gasteiger partial charge in [0, 0.05) is 11.8 Å². The quantitative estimate of drug-likeness (QED) is 0.785. The highest BCUT2D eigenvalue weighted by Gasteiger charge is 2.16. The van der Waals surface area contributed by atoms with E-state index in [4.69, 9.17) is 5.26 Å². The van der Waals surface area contributed by atoms with Gasteiger partial charge in [0.05, 0.1) is 19.3 Å². The third-order valence-corrected chi connectivity index (χ3v) is 5.04. The zero-order chi connectivity index (χ0) is 14.0. The number of rotatable bonds is 2. The van der Waals surface area contributed by atoms with Crippen LogP contribution in [0, 0.1) is 17.1 Å². The molecule has 0 aliphatic rings. The zero-order valence-corrected chi connectivity index (χ0v) is 12.2. The summed E-state index contributed by atoms with van der Waals surface area (Å²) in [6, 6.07) is 10.3. The van der Waals surface area contributed by atoms with Gasteiger partial charge in [-0.05, 0) is 23.4 Å². The van der Waals surface area contributed by atoms with Crippen molar-refractivity contribution in [3.8, 4) is 17.3 Å². The fourth-order valence-electron chi connectivity index (χ4n) is 1.77. The summed E-state index contributed by atoms with van der Waals surface area (Å²) in [5.74, 6) is -0.504. The van der Waals surface area contributed by atoms with E-state index in [9.17, 15) is 4.39 Å². The second-order valence-corrected chi connectivity index (χ2v) is 10.6. The van der Waals surface area contributed by atoms with Gasteiger partial charge < -0.3 is 0 Å². The van der Waals surface area contributed by atoms with Crippen LogP contribution in [0.2, 0.25) is 19.6 Å². The smallest absolute Gasteiger partial charge is 0.141 e. The maximum Gasteiger partial charge on any atom is 0.141 e. The molecule has 96 valence electrons. The maximum atomic E-state index is 13.6. The van der Waals surface area contributed by atoms with Gasteiger partial charge in [0.25, 0.3) is 0 Å². The van der Waals surface area contributed by atoms with Crippen LogP contribution in [0.1, 0.15) is 5.56 Å². The van der Waals surface area contributed by atoms with Gasteiger partial charge in [-0.1, -0.05) is 31.8 Å². The van der Waals surface area contributed by atoms with E-state index in [1.807, 2.05) is 18.3 Å². The van der Waals surface area contributed by atoms with E-state index in [1.54, 1.807) is 6.07 Å². The van der Waals surface area contributed by atoms with Crippen molar-refractivity contribution in [2.75, 3.05) is 0 Å². The predicted molar refractivity (Wildman–Crippen MR) is 77.3 cm³/mol. The first-order valence-electron chi connectivity index (χ1n) is 6.08. The van der Waals surface area contributed by atoms with Gasteiger partial charge in [-0.15, -0.1) is 0 Å². The molecular weight excluding hydrogens is 255 g/mol. The van der Waals surface area contributed by atoms with E-state index >= 15 is 0 Å². The highest BCUT2D eigenvalue weighted by Crippen LogP contribution is 2.19. The van der Waals surface area contributed by atoms with Crippen molar-refractivity contribution in [3.63, 3.8) is 0 Å². The molecule has 0 aliphatic heterocycles. The molecule has 0 radical (unpaired) electrons. The van der Waals surface area contributed by atoms with Crippen molar-refractivity contribution in [1.29, 1.82) is 5.26 Å². The molecule has 0 amide bonds. The first-order valence-corrected chi connectivity index (χ1v) is 9.58. The van der Waals surface area contributed by atoms with Crippen LogP contribution in [0.5, 0.6) is 0 Å². The highest BCUT2D eigenvalue weighted by molar-refractivity contribution is 6.88. The number of pyridine rings is 1. The van der Waals surface area contributed by atoms with E-state index in [1.165, 1.54) is 17.3 Å². The summed E-state index contributed by atoms with van der Waals surface area (Å²) in [5, 5.41) is 9.97. The van der Waals surface area contributed by atoms with Crippen molar-refractivity contribution in [3.05, 3.63) is 47.9 Å². The topological polar surface area (TPSA) is 36.7 Å². The molecule has 4 heteroatoms. The first-order chi connectivity index (χ1) is 8.91. The minimum absolute atomic E-state index is 0.0578. The Morgan fingerprint density at radius 2 is 1.89 bits per heavy atom. The molecule has 0 bridgehead atoms. The Bertz CT molecular complexity index is 637. The third kappa shape index (κ3) is 2.88. The summed E-state index contributed by atoms with van der Waals surface area (Å²) in [7, 11) is -1.36. The Kier molecular flexibility index (Phi) is 3.50. The molecule has 0 aliphatic carbocycles. The second kappa shape index (κ2) is 4.94. The Balaban J connectivity index is 2.38. The van der Waals surface area contributed by atoms with Crippen molar-refractivity contribution < 1.29 is 4.39 Å². The molecule has 2 aromatic rings. The molecule has 1 heterocycles. The second-order valence-electron chi connectivity index (χ2n) is 5.49. The van der Waals surface area contributed by atoms with Gasteiger partial charge in [0.1, 0.15) is 11.9 Å². The molecule has 0 unspecified atom stereocenters. The maximum absolute atomic E-state index is 13.6. The lowest BCUT2D eigenvalue weighted by Crippen LogP contribution is -2.37. The van der Waals surface area contributed by atoms with Gasteiger partial charge in [-0.3, -0.25) is 4.98 Å². The number of hydrogen-bond donors (Lipinski definition) is 0. The molecule has 0 N–H and O–H groups in total. The summed E-state index contributed by atoms with van der Waals surface area (Å²) in [6.07, 6.45) is 1.87. The highest BCUT2D eigenvalue weighted by atomic mass is 28.3. The zero-order valence-electron chi connectivity index (χ0n) is 11.2. The molecule has 0 spiro atoms. The normalized spacial score (nSPS) is 11.1. The summed E-state index contributed by atoms with van der Waals surface area (Å²) >= 11 is 0. The predicted octanol–water partition coefficient (Wildman–Crippen LogP) is 3.30. The van der Waals surface area contributed by atoms with Crippen molar-refractivity contribution in [2.45, 2.75) is 19.6 Å². The Labute approximate surface area is 113 Å². The Morgan fingerprint density at radius 3 is 2.37 bits per heavy atom. The third-order valence-electron chi connectivity index (χ3n) is 3.01. The average molecular weight is 270 g/mol. The van der Waals surface area contributed by atoms with Crippen LogP contribution in [-0.2, 0) is 0 Å². The molecule has 0 saturated heterocycles. The number of aromatic nitrogens is 1. The van der Waals surface area contributed by atoms with E-state index in [-0.39, 0.29) is 5.56 Å². The summed E-state index contributed by atoms with van der Waals surface area (Å²) in [6.45, 7) is 6.77. The monoisotopic (exact) mass is 270 g/mol. The molecule has 19 heavy (non-hydrogen) atoms. The summed E-state index contributed by atoms with van der Waals surface area (Å²) in [5.41, 5.74) is 1.48. The lowest BCUT2D eigenvalue weighted by Gasteiger charge is -2.16. The lowest BCUT2D eigenvalue weighted by atomic mass is 10.1. The van der Waals surface area contributed by atoms with Gasteiger partial charge in [-0.25, -0.2) is 4.39 Å². The number of benzene rings is 1. The summed E-state index contributed by atoms with van der Waals surface area (Å²) < 4.78 is 13.6. The molecule has 0 fully saturated rings. The number of nitriles is 1. The van der Waals surface area contributed by atoms with Gasteiger partial charge in [0.15, 0.2) is 0 Å². The number of halogens is 1. The molecular formula is C15H15FN2Si.